The van der Waals surface area contributed by atoms with Gasteiger partial charge in [0.15, 0.2) is 0 Å². The number of hydrogen-bond acceptors (Lipinski definition) is 4. The summed E-state index contributed by atoms with van der Waals surface area (Å²) in [5, 5.41) is 12.5. The normalized spacial score (nSPS) is 11.2. The number of methoxy groups -OCH3 is 1. The molecule has 0 aliphatic heterocycles. The molecule has 0 radical (unpaired) electrons. The van der Waals surface area contributed by atoms with Gasteiger partial charge in [-0.2, -0.15) is 18.9 Å². The fraction of sp³-hybridized carbons (Fsp3) is 0.278. The first kappa shape index (κ1) is 26.3. The number of carbonyl (C=O) groups is 1. The smallest absolute Gasteiger partial charge is 0.507 e. The van der Waals surface area contributed by atoms with Crippen molar-refractivity contribution in [2.45, 2.75) is 12.8 Å². The molecule has 0 aromatic heterocycles. The average Bonchev–Trinajstić information content (AvgIpc) is 2.58. The Labute approximate surface area is 178 Å². The van der Waals surface area contributed by atoms with E-state index in [9.17, 15) is 23.1 Å². The Kier molecular flexibility index (Phi) is 11.3. The van der Waals surface area contributed by atoms with Crippen LogP contribution in [0.3, 0.4) is 0 Å². The summed E-state index contributed by atoms with van der Waals surface area (Å²) in [4.78, 5) is 12.2. The maximum Gasteiger partial charge on any atom is 1.00 e. The van der Waals surface area contributed by atoms with E-state index in [1.54, 1.807) is 0 Å². The zero-order valence-corrected chi connectivity index (χ0v) is 16.0. The van der Waals surface area contributed by atoms with Gasteiger partial charge in [0, 0.05) is 17.7 Å². The molecule has 0 saturated carbocycles. The van der Waals surface area contributed by atoms with Crippen molar-refractivity contribution in [2.75, 3.05) is 20.3 Å². The van der Waals surface area contributed by atoms with Crippen molar-refractivity contribution in [3.63, 3.8) is 0 Å². The van der Waals surface area contributed by atoms with Gasteiger partial charge in [-0.05, 0) is 12.1 Å². The standard InChI is InChI=1S/C18H17ClF3NO4.Li/c1-11(18(20,21)22)4-5-12(2)23-17(25)15-9-14(19)8-13(16(15)24)10-27-7-6-26-3;/h1-2,4-5,8-9,24H,6-7,10H2,3H3,(H,23,25);/q-2;+1/b5-4-;. The van der Waals surface area contributed by atoms with Gasteiger partial charge in [-0.3, -0.25) is 30.1 Å². The number of phenols is 1. The Bertz CT molecular complexity index is 751. The second-order valence-electron chi connectivity index (χ2n) is 5.20. The van der Waals surface area contributed by atoms with Crippen LogP contribution >= 0.6 is 11.6 Å². The van der Waals surface area contributed by atoms with Gasteiger partial charge in [0.2, 0.25) is 0 Å². The number of amides is 1. The summed E-state index contributed by atoms with van der Waals surface area (Å²) in [5.41, 5.74) is -1.78. The van der Waals surface area contributed by atoms with E-state index in [1.807, 2.05) is 0 Å². The minimum absolute atomic E-state index is 0. The number of carbonyl (C=O) groups excluding carboxylic acids is 1. The quantitative estimate of drug-likeness (QED) is 0.273. The van der Waals surface area contributed by atoms with Gasteiger partial charge in [-0.25, -0.2) is 0 Å². The third-order valence-corrected chi connectivity index (χ3v) is 3.33. The summed E-state index contributed by atoms with van der Waals surface area (Å²) in [7, 11) is 1.50. The monoisotopic (exact) mass is 410 g/mol. The third kappa shape index (κ3) is 8.55. The molecule has 2 N–H and O–H groups in total. The molecule has 0 aliphatic carbocycles. The Hall–Kier alpha value is -1.69. The Morgan fingerprint density at radius 2 is 1.93 bits per heavy atom. The van der Waals surface area contributed by atoms with Crippen molar-refractivity contribution < 1.29 is 51.4 Å². The molecule has 0 spiro atoms. The second kappa shape index (κ2) is 12.0. The van der Waals surface area contributed by atoms with Crippen molar-refractivity contribution in [3.8, 4) is 5.75 Å². The molecule has 5 nitrogen and oxygen atoms in total. The predicted molar refractivity (Wildman–Crippen MR) is 92.9 cm³/mol. The van der Waals surface area contributed by atoms with Crippen LogP contribution in [0.4, 0.5) is 13.2 Å². The number of aromatic hydroxyl groups is 1. The van der Waals surface area contributed by atoms with E-state index in [2.05, 4.69) is 5.32 Å². The summed E-state index contributed by atoms with van der Waals surface area (Å²) < 4.78 is 47.0. The zero-order chi connectivity index (χ0) is 20.6. The number of halogens is 4. The van der Waals surface area contributed by atoms with Crippen molar-refractivity contribution >= 4 is 17.5 Å². The van der Waals surface area contributed by atoms with Crippen LogP contribution in [0.15, 0.2) is 35.6 Å². The number of allylic oxidation sites excluding steroid dienone is 3. The second-order valence-corrected chi connectivity index (χ2v) is 5.64. The van der Waals surface area contributed by atoms with Gasteiger partial charge in [0.25, 0.3) is 5.91 Å². The molecule has 1 rings (SSSR count). The average molecular weight is 411 g/mol. The number of nitrogens with one attached hydrogen (secondary N) is 1. The van der Waals surface area contributed by atoms with Gasteiger partial charge >= 0.3 is 25.0 Å². The fourth-order valence-corrected chi connectivity index (χ4v) is 2.02. The molecule has 0 bridgehead atoms. The van der Waals surface area contributed by atoms with Crippen LogP contribution in [0.1, 0.15) is 15.9 Å². The minimum Gasteiger partial charge on any atom is -0.507 e. The van der Waals surface area contributed by atoms with Gasteiger partial charge in [0.1, 0.15) is 5.75 Å². The number of benzene rings is 1. The van der Waals surface area contributed by atoms with Crippen LogP contribution in [0, 0.1) is 13.2 Å². The molecule has 0 unspecified atom stereocenters. The third-order valence-electron chi connectivity index (χ3n) is 3.12. The summed E-state index contributed by atoms with van der Waals surface area (Å²) >= 11 is 5.93. The van der Waals surface area contributed by atoms with Gasteiger partial charge in [-0.1, -0.05) is 11.6 Å². The van der Waals surface area contributed by atoms with Crippen molar-refractivity contribution in [1.82, 2.24) is 5.32 Å². The number of alkyl halides is 3. The molecule has 0 saturated heterocycles. The first-order valence-corrected chi connectivity index (χ1v) is 7.83. The first-order chi connectivity index (χ1) is 12.6. The van der Waals surface area contributed by atoms with E-state index in [0.717, 1.165) is 6.08 Å². The number of rotatable bonds is 9. The molecular formula is C18H17ClF3LiNO4-. The van der Waals surface area contributed by atoms with Crippen LogP contribution in [-0.4, -0.2) is 37.5 Å². The van der Waals surface area contributed by atoms with Crippen molar-refractivity contribution in [1.29, 1.82) is 0 Å². The van der Waals surface area contributed by atoms with E-state index >= 15 is 0 Å². The number of phenolic OH excluding ortho intramolecular Hbond substituents is 1. The largest absolute Gasteiger partial charge is 1.00 e. The summed E-state index contributed by atoms with van der Waals surface area (Å²) in [5.74, 6) is -1.27. The van der Waals surface area contributed by atoms with Gasteiger partial charge < -0.3 is 19.9 Å². The number of hydrogen-bond donors (Lipinski definition) is 2. The number of ether oxygens (including phenoxy) is 2. The molecule has 0 heterocycles. The Morgan fingerprint density at radius 1 is 1.29 bits per heavy atom. The van der Waals surface area contributed by atoms with Crippen LogP contribution < -0.4 is 24.2 Å². The van der Waals surface area contributed by atoms with E-state index in [-0.39, 0.29) is 48.2 Å². The van der Waals surface area contributed by atoms with Crippen molar-refractivity contribution in [2.24, 2.45) is 0 Å². The molecule has 1 aromatic rings. The van der Waals surface area contributed by atoms with Crippen LogP contribution in [0.2, 0.25) is 5.02 Å². The predicted octanol–water partition coefficient (Wildman–Crippen LogP) is 0.737. The molecule has 0 aliphatic rings. The van der Waals surface area contributed by atoms with E-state index in [0.29, 0.717) is 12.7 Å². The van der Waals surface area contributed by atoms with E-state index < -0.39 is 29.1 Å². The Balaban J connectivity index is 0.00000729. The van der Waals surface area contributed by atoms with E-state index in [4.69, 9.17) is 34.2 Å². The Morgan fingerprint density at radius 3 is 2.50 bits per heavy atom. The van der Waals surface area contributed by atoms with Crippen molar-refractivity contribution in [3.05, 3.63) is 64.9 Å². The first-order valence-electron chi connectivity index (χ1n) is 7.45. The molecule has 0 atom stereocenters. The van der Waals surface area contributed by atoms with E-state index in [1.165, 1.54) is 19.2 Å². The van der Waals surface area contributed by atoms with Gasteiger partial charge in [0.05, 0.1) is 25.4 Å². The molecule has 1 aromatic carbocycles. The summed E-state index contributed by atoms with van der Waals surface area (Å²) in [6, 6.07) is 2.59. The molecule has 28 heavy (non-hydrogen) atoms. The molecule has 1 amide bonds. The summed E-state index contributed by atoms with van der Waals surface area (Å²) in [6.45, 7) is 10.8. The topological polar surface area (TPSA) is 67.8 Å². The van der Waals surface area contributed by atoms with Crippen LogP contribution in [-0.2, 0) is 16.1 Å². The molecule has 0 fully saturated rings. The molecular weight excluding hydrogens is 394 g/mol. The summed E-state index contributed by atoms with van der Waals surface area (Å²) in [6.07, 6.45) is -3.44. The molecule has 10 heteroatoms. The fourth-order valence-electron chi connectivity index (χ4n) is 1.78. The van der Waals surface area contributed by atoms with Gasteiger partial charge in [-0.15, -0.1) is 5.57 Å². The molecule has 148 valence electrons. The minimum atomic E-state index is -4.72. The van der Waals surface area contributed by atoms with Crippen LogP contribution in [0.5, 0.6) is 5.75 Å². The van der Waals surface area contributed by atoms with Crippen LogP contribution in [0.25, 0.3) is 0 Å². The zero-order valence-electron chi connectivity index (χ0n) is 15.3. The maximum absolute atomic E-state index is 12.3. The maximum atomic E-state index is 12.3. The SMILES string of the molecule is [CH-]=C(/C=C\C(=[CH-])C(F)(F)F)NC(=O)c1cc(Cl)cc(COCCOC)c1O.[Li+].